The van der Waals surface area contributed by atoms with E-state index in [9.17, 15) is 4.79 Å². The summed E-state index contributed by atoms with van der Waals surface area (Å²) < 4.78 is 7.34. The summed E-state index contributed by atoms with van der Waals surface area (Å²) in [4.78, 5) is 16.4. The van der Waals surface area contributed by atoms with Crippen molar-refractivity contribution in [1.29, 1.82) is 0 Å². The van der Waals surface area contributed by atoms with Gasteiger partial charge in [0, 0.05) is 18.1 Å². The first-order chi connectivity index (χ1) is 12.8. The maximum absolute atomic E-state index is 12.3. The lowest BCUT2D eigenvalue weighted by Gasteiger charge is -2.07. The van der Waals surface area contributed by atoms with Crippen molar-refractivity contribution in [1.82, 2.24) is 9.55 Å². The van der Waals surface area contributed by atoms with Gasteiger partial charge in [0.25, 0.3) is 0 Å². The minimum atomic E-state index is -0.375. The first kappa shape index (κ1) is 15.8. The fourth-order valence-corrected chi connectivity index (χ4v) is 2.69. The summed E-state index contributed by atoms with van der Waals surface area (Å²) in [5.41, 5.74) is 3.65. The molecule has 0 saturated heterocycles. The van der Waals surface area contributed by atoms with Gasteiger partial charge in [-0.05, 0) is 47.5 Å². The Morgan fingerprint density at radius 1 is 0.808 bits per heavy atom. The van der Waals surface area contributed by atoms with Crippen LogP contribution >= 0.6 is 0 Å². The van der Waals surface area contributed by atoms with Crippen molar-refractivity contribution in [2.75, 3.05) is 0 Å². The molecule has 26 heavy (non-hydrogen) atoms. The van der Waals surface area contributed by atoms with Crippen LogP contribution in [-0.4, -0.2) is 15.5 Å². The van der Waals surface area contributed by atoms with E-state index >= 15 is 0 Å². The normalized spacial score (nSPS) is 10.5. The van der Waals surface area contributed by atoms with E-state index in [-0.39, 0.29) is 5.97 Å². The van der Waals surface area contributed by atoms with Crippen LogP contribution in [0.2, 0.25) is 0 Å². The van der Waals surface area contributed by atoms with Gasteiger partial charge in [0.1, 0.15) is 5.75 Å². The third-order valence-electron chi connectivity index (χ3n) is 4.08. The minimum Gasteiger partial charge on any atom is -0.423 e. The molecule has 4 nitrogen and oxygen atoms in total. The Bertz CT molecular complexity index is 990. The number of benzene rings is 3. The van der Waals surface area contributed by atoms with Crippen LogP contribution in [0.15, 0.2) is 97.6 Å². The monoisotopic (exact) mass is 340 g/mol. The van der Waals surface area contributed by atoms with Crippen LogP contribution in [0.25, 0.3) is 16.8 Å². The van der Waals surface area contributed by atoms with Crippen LogP contribution < -0.4 is 4.74 Å². The molecular formula is C22H16N2O2. The smallest absolute Gasteiger partial charge is 0.343 e. The lowest BCUT2D eigenvalue weighted by molar-refractivity contribution is 0.0735. The van der Waals surface area contributed by atoms with E-state index in [2.05, 4.69) is 4.98 Å². The number of esters is 1. The number of imidazole rings is 1. The molecule has 0 radical (unpaired) electrons. The molecule has 4 rings (SSSR count). The number of hydrogen-bond donors (Lipinski definition) is 0. The summed E-state index contributed by atoms with van der Waals surface area (Å²) in [6.07, 6.45) is 5.29. The molecule has 0 atom stereocenters. The summed E-state index contributed by atoms with van der Waals surface area (Å²) in [6, 6.07) is 24.7. The lowest BCUT2D eigenvalue weighted by atomic mass is 10.0. The van der Waals surface area contributed by atoms with Crippen LogP contribution in [-0.2, 0) is 0 Å². The highest BCUT2D eigenvalue weighted by Crippen LogP contribution is 2.21. The van der Waals surface area contributed by atoms with E-state index in [1.807, 2.05) is 65.4 Å². The maximum Gasteiger partial charge on any atom is 0.343 e. The number of ether oxygens (including phenoxy) is 1. The number of rotatable bonds is 4. The van der Waals surface area contributed by atoms with Crippen LogP contribution in [0.3, 0.4) is 0 Å². The number of carbonyl (C=O) groups excluding carboxylic acids is 1. The van der Waals surface area contributed by atoms with Crippen molar-refractivity contribution in [3.63, 3.8) is 0 Å². The predicted molar refractivity (Wildman–Crippen MR) is 100 cm³/mol. The van der Waals surface area contributed by atoms with Gasteiger partial charge in [-0.3, -0.25) is 0 Å². The topological polar surface area (TPSA) is 44.1 Å². The SMILES string of the molecule is O=C(Oc1ccc(-n2ccnc2)cc1)c1ccc(-c2ccccc2)cc1. The van der Waals surface area contributed by atoms with E-state index < -0.39 is 0 Å². The molecule has 0 aliphatic rings. The standard InChI is InChI=1S/C22H16N2O2/c25-22(19-8-6-18(7-9-19)17-4-2-1-3-5-17)26-21-12-10-20(11-13-21)24-15-14-23-16-24/h1-16H. The molecule has 0 aliphatic carbocycles. The van der Waals surface area contributed by atoms with Gasteiger partial charge in [0.05, 0.1) is 11.9 Å². The zero-order chi connectivity index (χ0) is 17.8. The largest absolute Gasteiger partial charge is 0.423 e. The highest BCUT2D eigenvalue weighted by atomic mass is 16.5. The number of aromatic nitrogens is 2. The van der Waals surface area contributed by atoms with E-state index in [1.54, 1.807) is 36.8 Å². The predicted octanol–water partition coefficient (Wildman–Crippen LogP) is 4.76. The third kappa shape index (κ3) is 3.39. The van der Waals surface area contributed by atoms with Crippen molar-refractivity contribution in [2.45, 2.75) is 0 Å². The minimum absolute atomic E-state index is 0.375. The first-order valence-electron chi connectivity index (χ1n) is 8.26. The Morgan fingerprint density at radius 2 is 1.50 bits per heavy atom. The van der Waals surface area contributed by atoms with E-state index in [0.29, 0.717) is 11.3 Å². The fraction of sp³-hybridized carbons (Fsp3) is 0. The molecule has 4 heteroatoms. The summed E-state index contributed by atoms with van der Waals surface area (Å²) >= 11 is 0. The molecule has 0 spiro atoms. The average molecular weight is 340 g/mol. The van der Waals surface area contributed by atoms with E-state index in [1.165, 1.54) is 0 Å². The molecule has 126 valence electrons. The average Bonchev–Trinajstić information content (AvgIpc) is 3.24. The third-order valence-corrected chi connectivity index (χ3v) is 4.08. The molecule has 0 saturated carbocycles. The van der Waals surface area contributed by atoms with E-state index in [4.69, 9.17) is 4.74 Å². The van der Waals surface area contributed by atoms with Crippen molar-refractivity contribution in [2.24, 2.45) is 0 Å². The molecule has 0 amide bonds. The second kappa shape index (κ2) is 7.07. The van der Waals surface area contributed by atoms with Gasteiger partial charge < -0.3 is 9.30 Å². The quantitative estimate of drug-likeness (QED) is 0.397. The molecule has 0 N–H and O–H groups in total. The molecule has 3 aromatic carbocycles. The van der Waals surface area contributed by atoms with Crippen molar-refractivity contribution >= 4 is 5.97 Å². The van der Waals surface area contributed by atoms with Gasteiger partial charge in [-0.1, -0.05) is 42.5 Å². The number of nitrogens with zero attached hydrogens (tertiary/aromatic N) is 2. The summed E-state index contributed by atoms with van der Waals surface area (Å²) in [7, 11) is 0. The highest BCUT2D eigenvalue weighted by Gasteiger charge is 2.09. The van der Waals surface area contributed by atoms with E-state index in [0.717, 1.165) is 16.8 Å². The van der Waals surface area contributed by atoms with Crippen molar-refractivity contribution in [3.8, 4) is 22.6 Å². The fourth-order valence-electron chi connectivity index (χ4n) is 2.69. The first-order valence-corrected chi connectivity index (χ1v) is 8.26. The van der Waals surface area contributed by atoms with Gasteiger partial charge in [-0.25, -0.2) is 9.78 Å². The maximum atomic E-state index is 12.3. The zero-order valence-corrected chi connectivity index (χ0v) is 13.9. The molecule has 4 aromatic rings. The summed E-state index contributed by atoms with van der Waals surface area (Å²) in [6.45, 7) is 0. The highest BCUT2D eigenvalue weighted by molar-refractivity contribution is 5.91. The molecule has 0 bridgehead atoms. The molecule has 1 aromatic heterocycles. The number of carbonyl (C=O) groups is 1. The van der Waals surface area contributed by atoms with Gasteiger partial charge >= 0.3 is 5.97 Å². The zero-order valence-electron chi connectivity index (χ0n) is 13.9. The van der Waals surface area contributed by atoms with Gasteiger partial charge in [0.2, 0.25) is 0 Å². The Labute approximate surface area is 151 Å². The second-order valence-electron chi connectivity index (χ2n) is 5.80. The Kier molecular flexibility index (Phi) is 4.31. The van der Waals surface area contributed by atoms with Crippen LogP contribution in [0, 0.1) is 0 Å². The van der Waals surface area contributed by atoms with Gasteiger partial charge in [-0.15, -0.1) is 0 Å². The Hall–Kier alpha value is -3.66. The molecule has 0 aliphatic heterocycles. The van der Waals surface area contributed by atoms with Crippen LogP contribution in [0.5, 0.6) is 5.75 Å². The molecule has 0 fully saturated rings. The van der Waals surface area contributed by atoms with Crippen molar-refractivity contribution < 1.29 is 9.53 Å². The Balaban J connectivity index is 1.46. The van der Waals surface area contributed by atoms with Crippen LogP contribution in [0.1, 0.15) is 10.4 Å². The van der Waals surface area contributed by atoms with Gasteiger partial charge in [0.15, 0.2) is 0 Å². The van der Waals surface area contributed by atoms with Gasteiger partial charge in [-0.2, -0.15) is 0 Å². The summed E-state index contributed by atoms with van der Waals surface area (Å²) in [5.74, 6) is 0.131. The molecular weight excluding hydrogens is 324 g/mol. The summed E-state index contributed by atoms with van der Waals surface area (Å²) in [5, 5.41) is 0. The van der Waals surface area contributed by atoms with Crippen LogP contribution in [0.4, 0.5) is 0 Å². The lowest BCUT2D eigenvalue weighted by Crippen LogP contribution is -2.08. The molecule has 1 heterocycles. The number of hydrogen-bond acceptors (Lipinski definition) is 3. The Morgan fingerprint density at radius 3 is 2.15 bits per heavy atom. The molecule has 0 unspecified atom stereocenters. The second-order valence-corrected chi connectivity index (χ2v) is 5.80. The van der Waals surface area contributed by atoms with Crippen molar-refractivity contribution in [3.05, 3.63) is 103 Å².